The van der Waals surface area contributed by atoms with Gasteiger partial charge in [0.05, 0.1) is 5.75 Å². The minimum absolute atomic E-state index is 0.0296. The quantitative estimate of drug-likeness (QED) is 0.670. The van der Waals surface area contributed by atoms with Crippen molar-refractivity contribution in [1.82, 2.24) is 5.32 Å². The molecule has 0 saturated heterocycles. The van der Waals surface area contributed by atoms with Gasteiger partial charge in [0.15, 0.2) is 15.7 Å². The number of hydrogen-bond acceptors (Lipinski definition) is 3. The molecule has 0 aliphatic rings. The van der Waals surface area contributed by atoms with Gasteiger partial charge in [-0.15, -0.1) is 0 Å². The Balaban J connectivity index is 2.09. The fraction of sp³-hybridized carbons (Fsp3) is 0.348. The summed E-state index contributed by atoms with van der Waals surface area (Å²) in [5.41, 5.74) is 2.34. The first-order chi connectivity index (χ1) is 13.8. The van der Waals surface area contributed by atoms with Gasteiger partial charge in [0, 0.05) is 18.4 Å². The summed E-state index contributed by atoms with van der Waals surface area (Å²) in [7, 11) is -3.36. The Kier molecular flexibility index (Phi) is 7.18. The van der Waals surface area contributed by atoms with Crippen LogP contribution in [0.4, 0.5) is 8.78 Å². The molecule has 2 rings (SSSR count). The Labute approximate surface area is 176 Å². The van der Waals surface area contributed by atoms with Gasteiger partial charge < -0.3 is 5.32 Å². The Bertz CT molecular complexity index is 1070. The summed E-state index contributed by atoms with van der Waals surface area (Å²) < 4.78 is 51.2. The van der Waals surface area contributed by atoms with E-state index in [9.17, 15) is 22.0 Å². The number of sulfone groups is 1. The molecule has 30 heavy (non-hydrogen) atoms. The molecule has 0 aliphatic heterocycles. The van der Waals surface area contributed by atoms with Crippen LogP contribution in [0.3, 0.4) is 0 Å². The average molecular weight is 436 g/mol. The number of rotatable bonds is 6. The Hall–Kier alpha value is -2.54. The molecule has 162 valence electrons. The molecule has 1 amide bonds. The highest BCUT2D eigenvalue weighted by atomic mass is 32.2. The molecular formula is C23H27F2NO3S. The highest BCUT2D eigenvalue weighted by Crippen LogP contribution is 2.26. The maximum atomic E-state index is 14.6. The second-order valence-electron chi connectivity index (χ2n) is 8.44. The number of allylic oxidation sites excluding steroid dienone is 1. The van der Waals surface area contributed by atoms with E-state index in [-0.39, 0.29) is 23.1 Å². The topological polar surface area (TPSA) is 63.2 Å². The Morgan fingerprint density at radius 3 is 2.17 bits per heavy atom. The molecule has 2 aromatic carbocycles. The fourth-order valence-corrected chi connectivity index (χ4v) is 3.68. The predicted octanol–water partition coefficient (Wildman–Crippen LogP) is 4.68. The van der Waals surface area contributed by atoms with E-state index in [4.69, 9.17) is 0 Å². The van der Waals surface area contributed by atoms with Gasteiger partial charge in [0.1, 0.15) is 5.82 Å². The summed E-state index contributed by atoms with van der Waals surface area (Å²) in [6.07, 6.45) is 1.02. The summed E-state index contributed by atoms with van der Waals surface area (Å²) in [6, 6.07) is 11.4. The zero-order chi connectivity index (χ0) is 22.7. The first-order valence-electron chi connectivity index (χ1n) is 9.48. The first kappa shape index (κ1) is 23.7. The fourth-order valence-electron chi connectivity index (χ4n) is 2.88. The van der Waals surface area contributed by atoms with Gasteiger partial charge in [-0.3, -0.25) is 4.79 Å². The number of hydrogen-bond donors (Lipinski definition) is 1. The smallest absolute Gasteiger partial charge is 0.280 e. The van der Waals surface area contributed by atoms with Crippen molar-refractivity contribution in [1.29, 1.82) is 0 Å². The number of nitrogens with one attached hydrogen (secondary N) is 1. The lowest BCUT2D eigenvalue weighted by molar-refractivity contribution is -0.119. The lowest BCUT2D eigenvalue weighted by Crippen LogP contribution is -2.23. The first-order valence-corrected chi connectivity index (χ1v) is 11.5. The van der Waals surface area contributed by atoms with Crippen molar-refractivity contribution in [3.05, 3.63) is 76.4 Å². The highest BCUT2D eigenvalue weighted by Gasteiger charge is 2.17. The molecule has 4 nitrogen and oxygen atoms in total. The summed E-state index contributed by atoms with van der Waals surface area (Å²) in [5, 5.41) is 2.42. The largest absolute Gasteiger partial charge is 0.346 e. The van der Waals surface area contributed by atoms with Crippen LogP contribution in [0, 0.1) is 5.82 Å². The van der Waals surface area contributed by atoms with Crippen molar-refractivity contribution < 1.29 is 22.0 Å². The number of carbonyl (C=O) groups excluding carboxylic acids is 1. The third kappa shape index (κ3) is 6.49. The van der Waals surface area contributed by atoms with Gasteiger partial charge >= 0.3 is 0 Å². The molecule has 7 heteroatoms. The van der Waals surface area contributed by atoms with E-state index in [1.807, 2.05) is 12.1 Å². The van der Waals surface area contributed by atoms with Crippen molar-refractivity contribution in [3.63, 3.8) is 0 Å². The van der Waals surface area contributed by atoms with Crippen molar-refractivity contribution >= 4 is 21.3 Å². The lowest BCUT2D eigenvalue weighted by atomic mass is 9.86. The monoisotopic (exact) mass is 435 g/mol. The number of carbonyl (C=O) groups is 1. The Morgan fingerprint density at radius 2 is 1.67 bits per heavy atom. The second-order valence-corrected chi connectivity index (χ2v) is 10.6. The van der Waals surface area contributed by atoms with Gasteiger partial charge in [-0.1, -0.05) is 57.2 Å². The van der Waals surface area contributed by atoms with E-state index < -0.39 is 33.1 Å². The van der Waals surface area contributed by atoms with Gasteiger partial charge in [0.25, 0.3) is 5.91 Å². The van der Waals surface area contributed by atoms with Crippen LogP contribution in [0.2, 0.25) is 0 Å². The highest BCUT2D eigenvalue weighted by molar-refractivity contribution is 7.89. The van der Waals surface area contributed by atoms with Crippen LogP contribution in [0.1, 0.15) is 49.9 Å². The van der Waals surface area contributed by atoms with Gasteiger partial charge in [-0.2, -0.15) is 0 Å². The van der Waals surface area contributed by atoms with Crippen LogP contribution in [0.25, 0.3) is 5.57 Å². The molecule has 0 unspecified atom stereocenters. The van der Waals surface area contributed by atoms with Crippen LogP contribution in [0.15, 0.2) is 48.3 Å². The molecule has 0 fully saturated rings. The SMILES string of the molecule is C/C(=C(/F)C(=O)NCc1ccc(CS(C)(=O)=O)c(F)c1)c1ccc(C(C)(C)C)cc1. The summed E-state index contributed by atoms with van der Waals surface area (Å²) in [5.74, 6) is -2.89. The molecule has 0 aliphatic carbocycles. The minimum atomic E-state index is -3.36. The molecule has 0 heterocycles. The van der Waals surface area contributed by atoms with Gasteiger partial charge in [-0.25, -0.2) is 17.2 Å². The minimum Gasteiger partial charge on any atom is -0.346 e. The maximum absolute atomic E-state index is 14.6. The normalized spacial score (nSPS) is 13.0. The van der Waals surface area contributed by atoms with Gasteiger partial charge in [0.2, 0.25) is 0 Å². The van der Waals surface area contributed by atoms with Crippen molar-refractivity contribution in [3.8, 4) is 0 Å². The number of amides is 1. The van der Waals surface area contributed by atoms with Crippen LogP contribution in [-0.2, 0) is 32.3 Å². The second kappa shape index (κ2) is 9.08. The summed E-state index contributed by atoms with van der Waals surface area (Å²) in [4.78, 5) is 12.2. The molecule has 0 radical (unpaired) electrons. The van der Waals surface area contributed by atoms with Crippen molar-refractivity contribution in [2.45, 2.75) is 45.4 Å². The molecule has 0 atom stereocenters. The van der Waals surface area contributed by atoms with E-state index in [1.165, 1.54) is 19.1 Å². The van der Waals surface area contributed by atoms with E-state index >= 15 is 0 Å². The van der Waals surface area contributed by atoms with Crippen LogP contribution < -0.4 is 5.32 Å². The Morgan fingerprint density at radius 1 is 1.07 bits per heavy atom. The summed E-state index contributed by atoms with van der Waals surface area (Å²) in [6.45, 7) is 7.68. The third-order valence-corrected chi connectivity index (χ3v) is 5.54. The standard InChI is InChI=1S/C23H27F2NO3S/c1-15(17-8-10-19(11-9-17)23(2,3)4)21(25)22(27)26-13-16-6-7-18(20(24)12-16)14-30(5,28)29/h6-12H,13-14H2,1-5H3,(H,26,27)/b21-15-. The molecule has 0 saturated carbocycles. The molecule has 0 spiro atoms. The van der Waals surface area contributed by atoms with E-state index in [1.54, 1.807) is 12.1 Å². The van der Waals surface area contributed by atoms with E-state index in [0.717, 1.165) is 17.9 Å². The molecule has 1 N–H and O–H groups in total. The predicted molar refractivity (Wildman–Crippen MR) is 116 cm³/mol. The van der Waals surface area contributed by atoms with Crippen LogP contribution in [-0.4, -0.2) is 20.6 Å². The van der Waals surface area contributed by atoms with E-state index in [0.29, 0.717) is 11.1 Å². The van der Waals surface area contributed by atoms with Crippen LogP contribution >= 0.6 is 0 Å². The van der Waals surface area contributed by atoms with Crippen molar-refractivity contribution in [2.75, 3.05) is 6.26 Å². The molecule has 2 aromatic rings. The zero-order valence-corrected chi connectivity index (χ0v) is 18.7. The molecule has 0 aromatic heterocycles. The number of benzene rings is 2. The average Bonchev–Trinajstić information content (AvgIpc) is 2.65. The number of halogens is 2. The summed E-state index contributed by atoms with van der Waals surface area (Å²) >= 11 is 0. The third-order valence-electron chi connectivity index (χ3n) is 4.70. The van der Waals surface area contributed by atoms with E-state index in [2.05, 4.69) is 26.1 Å². The van der Waals surface area contributed by atoms with Crippen LogP contribution in [0.5, 0.6) is 0 Å². The van der Waals surface area contributed by atoms with Gasteiger partial charge in [-0.05, 0) is 40.7 Å². The van der Waals surface area contributed by atoms with Crippen molar-refractivity contribution in [2.24, 2.45) is 0 Å². The maximum Gasteiger partial charge on any atom is 0.280 e. The molecular weight excluding hydrogens is 408 g/mol. The lowest BCUT2D eigenvalue weighted by Gasteiger charge is -2.19. The zero-order valence-electron chi connectivity index (χ0n) is 17.8. The molecule has 0 bridgehead atoms.